The van der Waals surface area contributed by atoms with Crippen molar-refractivity contribution in [3.05, 3.63) is 0 Å². The summed E-state index contributed by atoms with van der Waals surface area (Å²) >= 11 is 0. The summed E-state index contributed by atoms with van der Waals surface area (Å²) in [6, 6.07) is 0. The monoisotopic (exact) mass is 198 g/mol. The van der Waals surface area contributed by atoms with E-state index in [4.69, 9.17) is 9.11 Å². The van der Waals surface area contributed by atoms with Crippen LogP contribution in [0.4, 0.5) is 17.2 Å². The molecule has 0 aliphatic rings. The molecule has 0 radical (unpaired) electrons. The summed E-state index contributed by atoms with van der Waals surface area (Å²) in [5, 5.41) is -5.26. The molecule has 0 fully saturated rings. The van der Waals surface area contributed by atoms with Crippen LogP contribution in [-0.4, -0.2) is 20.3 Å². The lowest BCUT2D eigenvalue weighted by Crippen LogP contribution is -2.32. The van der Waals surface area contributed by atoms with Crippen molar-refractivity contribution in [1.82, 2.24) is 0 Å². The predicted molar refractivity (Wildman–Crippen MR) is 26.1 cm³/mol. The van der Waals surface area contributed by atoms with Crippen LogP contribution in [-0.2, 0) is 9.74 Å². The van der Waals surface area contributed by atoms with Crippen LogP contribution >= 0.6 is 11.0 Å². The molecule has 0 bridgehead atoms. The van der Waals surface area contributed by atoms with Gasteiger partial charge in [0.2, 0.25) is 0 Å². The smallest absolute Gasteiger partial charge is 0.268 e. The van der Waals surface area contributed by atoms with Crippen molar-refractivity contribution in [3.8, 4) is 0 Å². The van der Waals surface area contributed by atoms with E-state index >= 15 is 0 Å². The van der Waals surface area contributed by atoms with Crippen LogP contribution in [0, 0.1) is 0 Å². The standard InChI is InChI=1S/C2H2F4O4S/c3-2(4,1(7)10-5)11(6,8)9/h8-9H. The summed E-state index contributed by atoms with van der Waals surface area (Å²) in [7, 11) is -5.96. The van der Waals surface area contributed by atoms with E-state index in [1.165, 1.54) is 0 Å². The topological polar surface area (TPSA) is 66.8 Å². The van der Waals surface area contributed by atoms with Gasteiger partial charge in [-0.3, -0.25) is 9.11 Å². The lowest BCUT2D eigenvalue weighted by atomic mass is 10.7. The van der Waals surface area contributed by atoms with Crippen molar-refractivity contribution in [1.29, 1.82) is 0 Å². The van der Waals surface area contributed by atoms with Crippen LogP contribution in [0.3, 0.4) is 0 Å². The molecule has 9 heteroatoms. The molecular formula is C2H2F4O4S. The minimum absolute atomic E-state index is 1.91. The second-order valence-electron chi connectivity index (χ2n) is 1.36. The largest absolute Gasteiger partial charge is 0.464 e. The highest BCUT2D eigenvalue weighted by Crippen LogP contribution is 2.56. The highest BCUT2D eigenvalue weighted by atomic mass is 32.3. The molecule has 0 aliphatic carbocycles. The maximum atomic E-state index is 11.8. The molecule has 0 rings (SSSR count). The number of carbonyl (C=O) groups is 1. The van der Waals surface area contributed by atoms with E-state index < -0.39 is 22.2 Å². The van der Waals surface area contributed by atoms with Crippen molar-refractivity contribution in [2.75, 3.05) is 0 Å². The first-order valence-corrected chi connectivity index (χ1v) is 3.36. The van der Waals surface area contributed by atoms with Crippen LogP contribution in [0.1, 0.15) is 0 Å². The Balaban J connectivity index is 4.59. The normalized spacial score (nSPS) is 14.4. The predicted octanol–water partition coefficient (Wildman–Crippen LogP) is 1.64. The van der Waals surface area contributed by atoms with Crippen molar-refractivity contribution in [3.63, 3.8) is 0 Å². The van der Waals surface area contributed by atoms with Crippen molar-refractivity contribution in [2.24, 2.45) is 0 Å². The van der Waals surface area contributed by atoms with Crippen molar-refractivity contribution < 1.29 is 36.0 Å². The average Bonchev–Trinajstić information content (AvgIpc) is 1.83. The summed E-state index contributed by atoms with van der Waals surface area (Å²) in [5.74, 6) is -2.99. The van der Waals surface area contributed by atoms with E-state index in [0.717, 1.165) is 0 Å². The van der Waals surface area contributed by atoms with E-state index in [1.807, 2.05) is 4.94 Å². The molecule has 0 saturated carbocycles. The molecule has 0 unspecified atom stereocenters. The van der Waals surface area contributed by atoms with Gasteiger partial charge in [-0.15, -0.1) is 0 Å². The summed E-state index contributed by atoms with van der Waals surface area (Å²) in [4.78, 5) is 11.5. The molecule has 0 aromatic heterocycles. The first kappa shape index (κ1) is 10.5. The van der Waals surface area contributed by atoms with Crippen LogP contribution in [0.25, 0.3) is 0 Å². The highest BCUT2D eigenvalue weighted by molar-refractivity contribution is 8.21. The van der Waals surface area contributed by atoms with Gasteiger partial charge in [-0.05, 0) is 0 Å². The molecule has 0 aromatic rings. The molecule has 68 valence electrons. The Morgan fingerprint density at radius 1 is 1.45 bits per heavy atom. The van der Waals surface area contributed by atoms with Crippen LogP contribution < -0.4 is 0 Å². The summed E-state index contributed by atoms with van der Waals surface area (Å²) < 4.78 is 61.0. The second kappa shape index (κ2) is 2.83. The maximum Gasteiger partial charge on any atom is 0.464 e. The number of hydrogen-bond donors (Lipinski definition) is 2. The third-order valence-electron chi connectivity index (χ3n) is 0.634. The van der Waals surface area contributed by atoms with E-state index in [-0.39, 0.29) is 0 Å². The molecular weight excluding hydrogens is 196 g/mol. The van der Waals surface area contributed by atoms with Gasteiger partial charge < -0.3 is 0 Å². The lowest BCUT2D eigenvalue weighted by molar-refractivity contribution is -0.202. The Labute approximate surface area is 59.3 Å². The summed E-state index contributed by atoms with van der Waals surface area (Å²) in [6.45, 7) is 0. The van der Waals surface area contributed by atoms with Gasteiger partial charge in [0.1, 0.15) is 0 Å². The SMILES string of the molecule is O=C(OF)C(F)(F)S(O)(O)F. The Hall–Kier alpha value is -0.540. The average molecular weight is 198 g/mol. The zero-order valence-corrected chi connectivity index (χ0v) is 5.45. The first-order chi connectivity index (χ1) is 4.73. The molecule has 0 aliphatic heterocycles. The fourth-order valence-corrected chi connectivity index (χ4v) is 0.395. The number of carbonyl (C=O) groups excluding carboxylic acids is 1. The van der Waals surface area contributed by atoms with Gasteiger partial charge in [0, 0.05) is 15.5 Å². The highest BCUT2D eigenvalue weighted by Gasteiger charge is 2.56. The molecule has 0 saturated heterocycles. The summed E-state index contributed by atoms with van der Waals surface area (Å²) in [6.07, 6.45) is 0. The molecule has 0 atom stereocenters. The Morgan fingerprint density at radius 2 is 1.82 bits per heavy atom. The molecule has 2 N–H and O–H groups in total. The molecule has 0 spiro atoms. The number of rotatable bonds is 2. The van der Waals surface area contributed by atoms with E-state index in [0.29, 0.717) is 0 Å². The zero-order chi connectivity index (χ0) is 9.28. The van der Waals surface area contributed by atoms with Crippen LogP contribution in [0.5, 0.6) is 0 Å². The second-order valence-corrected chi connectivity index (χ2v) is 2.83. The Morgan fingerprint density at radius 3 is 1.91 bits per heavy atom. The van der Waals surface area contributed by atoms with E-state index in [1.54, 1.807) is 0 Å². The molecule has 0 heterocycles. The van der Waals surface area contributed by atoms with Gasteiger partial charge in [-0.1, -0.05) is 3.89 Å². The van der Waals surface area contributed by atoms with E-state index in [9.17, 15) is 22.0 Å². The van der Waals surface area contributed by atoms with Gasteiger partial charge in [-0.2, -0.15) is 8.78 Å². The van der Waals surface area contributed by atoms with Crippen LogP contribution in [0.15, 0.2) is 0 Å². The van der Waals surface area contributed by atoms with Gasteiger partial charge in [-0.25, -0.2) is 9.74 Å². The van der Waals surface area contributed by atoms with Crippen molar-refractivity contribution >= 4 is 16.9 Å². The fraction of sp³-hybridized carbons (Fsp3) is 0.500. The van der Waals surface area contributed by atoms with Gasteiger partial charge in [0.05, 0.1) is 0 Å². The molecule has 4 nitrogen and oxygen atoms in total. The molecule has 11 heavy (non-hydrogen) atoms. The summed E-state index contributed by atoms with van der Waals surface area (Å²) in [5.41, 5.74) is 0. The quantitative estimate of drug-likeness (QED) is 0.662. The number of hydrogen-bond acceptors (Lipinski definition) is 4. The minimum atomic E-state index is -5.96. The minimum Gasteiger partial charge on any atom is -0.268 e. The Bertz CT molecular complexity index is 164. The number of halogens is 4. The first-order valence-electron chi connectivity index (χ1n) is 1.91. The maximum absolute atomic E-state index is 11.8. The van der Waals surface area contributed by atoms with Crippen LogP contribution in [0.2, 0.25) is 0 Å². The van der Waals surface area contributed by atoms with Crippen molar-refractivity contribution in [2.45, 2.75) is 5.25 Å². The third-order valence-corrected chi connectivity index (χ3v) is 1.45. The lowest BCUT2D eigenvalue weighted by Gasteiger charge is -2.26. The Kier molecular flexibility index (Phi) is 2.69. The number of alkyl halides is 2. The van der Waals surface area contributed by atoms with Gasteiger partial charge in [0.25, 0.3) is 0 Å². The zero-order valence-electron chi connectivity index (χ0n) is 4.63. The molecule has 0 aromatic carbocycles. The van der Waals surface area contributed by atoms with Gasteiger partial charge in [0.15, 0.2) is 0 Å². The molecule has 0 amide bonds. The van der Waals surface area contributed by atoms with E-state index in [2.05, 4.69) is 0 Å². The van der Waals surface area contributed by atoms with Gasteiger partial charge >= 0.3 is 11.2 Å². The fourth-order valence-electron chi connectivity index (χ4n) is 0.151. The third kappa shape index (κ3) is 1.94.